The first-order chi connectivity index (χ1) is 27.8. The fourth-order valence-corrected chi connectivity index (χ4v) is 10.0. The fraction of sp³-hybridized carbons (Fsp3) is 0.286. The minimum absolute atomic E-state index is 0. The molecule has 0 aliphatic heterocycles. The molecule has 0 aromatic heterocycles. The van der Waals surface area contributed by atoms with Crippen LogP contribution in [0.2, 0.25) is 0 Å². The van der Waals surface area contributed by atoms with Gasteiger partial charge >= 0.3 is 30.2 Å². The van der Waals surface area contributed by atoms with Gasteiger partial charge in [-0.25, -0.2) is 0 Å². The first-order valence-corrected chi connectivity index (χ1v) is 25.5. The Hall–Kier alpha value is -3.26. The summed E-state index contributed by atoms with van der Waals surface area (Å²) >= 11 is 1.36. The summed E-state index contributed by atoms with van der Waals surface area (Å²) < 4.78 is 0. The van der Waals surface area contributed by atoms with Crippen LogP contribution in [0.25, 0.3) is 65.3 Å². The van der Waals surface area contributed by atoms with Crippen molar-refractivity contribution in [3.05, 3.63) is 172 Å². The second kappa shape index (κ2) is 24.4. The van der Waals surface area contributed by atoms with Gasteiger partial charge in [-0.3, -0.25) is 0 Å². The van der Waals surface area contributed by atoms with Gasteiger partial charge in [0.1, 0.15) is 0 Å². The molecule has 2 aliphatic rings. The SMILES string of the molecule is Cl.Cl.[CH3-].[CH3-].[Si]=[Zr].c1ccc2c(-c3cccc4[cH-]c(CC5CCCCCC5)cc34)cccc2c1.c1ccc2c(-c3cccc4[cH-]c(CC5CCCCCC5)cc34)cccc2c1. The van der Waals surface area contributed by atoms with Crippen LogP contribution in [0, 0.1) is 26.7 Å². The normalized spacial score (nSPS) is 14.4. The van der Waals surface area contributed by atoms with Crippen LogP contribution in [0.1, 0.15) is 88.2 Å². The fourth-order valence-electron chi connectivity index (χ4n) is 10.0. The third-order valence-corrected chi connectivity index (χ3v) is 12.8. The molecule has 0 N–H and O–H groups in total. The maximum absolute atomic E-state index is 3.06. The number of fused-ring (bicyclic) bond motifs is 4. The Morgan fingerprint density at radius 1 is 0.400 bits per heavy atom. The van der Waals surface area contributed by atoms with E-state index in [0.29, 0.717) is 0 Å². The summed E-state index contributed by atoms with van der Waals surface area (Å²) in [6.07, 6.45) is 19.6. The molecule has 8 aromatic carbocycles. The van der Waals surface area contributed by atoms with Crippen molar-refractivity contribution in [1.82, 2.24) is 0 Å². The first-order valence-electron chi connectivity index (χ1n) is 21.3. The molecule has 2 radical (unpaired) electrons. The van der Waals surface area contributed by atoms with E-state index in [0.717, 1.165) is 11.8 Å². The molecule has 0 atom stereocenters. The molecule has 2 fully saturated rings. The van der Waals surface area contributed by atoms with E-state index in [-0.39, 0.29) is 39.7 Å². The van der Waals surface area contributed by atoms with Crippen LogP contribution < -0.4 is 0 Å². The van der Waals surface area contributed by atoms with Crippen LogP contribution in [-0.4, -0.2) is 6.88 Å². The van der Waals surface area contributed by atoms with E-state index in [4.69, 9.17) is 0 Å². The molecule has 0 unspecified atom stereocenters. The average molecular weight is 925 g/mol. The molecule has 10 rings (SSSR count). The summed E-state index contributed by atoms with van der Waals surface area (Å²) in [5, 5.41) is 10.9. The summed E-state index contributed by atoms with van der Waals surface area (Å²) in [5.41, 5.74) is 8.51. The molecule has 0 bridgehead atoms. The van der Waals surface area contributed by atoms with Crippen LogP contribution in [0.4, 0.5) is 0 Å². The molecule has 0 amide bonds. The smallest absolute Gasteiger partial charge is 0.0114 e. The minimum Gasteiger partial charge on any atom is -0.164 e. The van der Waals surface area contributed by atoms with Crippen molar-refractivity contribution >= 4 is 74.8 Å². The zero-order valence-corrected chi connectivity index (χ0v) is 40.8. The molecule has 4 heteroatoms. The van der Waals surface area contributed by atoms with Gasteiger partial charge in [0.15, 0.2) is 0 Å². The Kier molecular flexibility index (Phi) is 20.1. The zero-order valence-electron chi connectivity index (χ0n) is 35.7. The van der Waals surface area contributed by atoms with Crippen molar-refractivity contribution in [2.75, 3.05) is 0 Å². The van der Waals surface area contributed by atoms with Crippen LogP contribution >= 0.6 is 24.8 Å². The second-order valence-electron chi connectivity index (χ2n) is 16.5. The van der Waals surface area contributed by atoms with Gasteiger partial charge in [-0.1, -0.05) is 185 Å². The largest absolute Gasteiger partial charge is 0.164 e. The van der Waals surface area contributed by atoms with E-state index in [2.05, 4.69) is 152 Å². The van der Waals surface area contributed by atoms with Crippen LogP contribution in [-0.2, 0) is 36.2 Å². The summed E-state index contributed by atoms with van der Waals surface area (Å²) in [6.45, 7) is 3.06. The molecule has 0 nitrogen and oxygen atoms in total. The van der Waals surface area contributed by atoms with Crippen molar-refractivity contribution in [2.24, 2.45) is 11.8 Å². The average Bonchev–Trinajstić information content (AvgIpc) is 3.64. The molecule has 8 aromatic rings. The van der Waals surface area contributed by atoms with E-state index < -0.39 is 0 Å². The number of halogens is 2. The molecule has 312 valence electrons. The van der Waals surface area contributed by atoms with Gasteiger partial charge in [0.25, 0.3) is 0 Å². The minimum atomic E-state index is 0. The molecular formula is C56H62Cl2SiZr-4. The van der Waals surface area contributed by atoms with Crippen molar-refractivity contribution < 1.29 is 23.3 Å². The van der Waals surface area contributed by atoms with E-state index in [9.17, 15) is 0 Å². The quantitative estimate of drug-likeness (QED) is 0.0886. The predicted octanol–water partition coefficient (Wildman–Crippen LogP) is 17.1. The predicted molar refractivity (Wildman–Crippen MR) is 268 cm³/mol. The summed E-state index contributed by atoms with van der Waals surface area (Å²) in [7, 11) is 0. The van der Waals surface area contributed by atoms with Crippen LogP contribution in [0.5, 0.6) is 0 Å². The molecule has 0 saturated heterocycles. The van der Waals surface area contributed by atoms with Gasteiger partial charge in [0.2, 0.25) is 0 Å². The number of rotatable bonds is 6. The Bertz CT molecular complexity index is 2330. The molecule has 2 aliphatic carbocycles. The monoisotopic (exact) mass is 922 g/mol. The van der Waals surface area contributed by atoms with Crippen molar-refractivity contribution in [1.29, 1.82) is 0 Å². The van der Waals surface area contributed by atoms with Gasteiger partial charge in [0.05, 0.1) is 0 Å². The number of hydrogen-bond donors (Lipinski definition) is 0. The molecule has 2 saturated carbocycles. The van der Waals surface area contributed by atoms with Crippen LogP contribution in [0.15, 0.2) is 146 Å². The Morgan fingerprint density at radius 2 is 0.717 bits per heavy atom. The van der Waals surface area contributed by atoms with Crippen molar-refractivity contribution in [3.8, 4) is 22.3 Å². The summed E-state index contributed by atoms with van der Waals surface area (Å²) in [4.78, 5) is 0. The van der Waals surface area contributed by atoms with Crippen LogP contribution in [0.3, 0.4) is 0 Å². The summed E-state index contributed by atoms with van der Waals surface area (Å²) in [6, 6.07) is 54.2. The topological polar surface area (TPSA) is 0 Å². The molecule has 0 spiro atoms. The first kappa shape index (κ1) is 49.4. The van der Waals surface area contributed by atoms with E-state index >= 15 is 0 Å². The molecule has 60 heavy (non-hydrogen) atoms. The Labute approximate surface area is 390 Å². The number of benzene rings is 6. The summed E-state index contributed by atoms with van der Waals surface area (Å²) in [5.74, 6) is 1.76. The molecule has 0 heterocycles. The van der Waals surface area contributed by atoms with E-state index in [1.54, 1.807) is 0 Å². The Morgan fingerprint density at radius 3 is 1.10 bits per heavy atom. The Balaban J connectivity index is 0.000000239. The van der Waals surface area contributed by atoms with Gasteiger partial charge in [-0.15, -0.1) is 93.9 Å². The zero-order chi connectivity index (χ0) is 38.1. The maximum Gasteiger partial charge on any atom is -0.0114 e. The number of hydrogen-bond acceptors (Lipinski definition) is 0. The standard InChI is InChI=1S/2C27H27.2CH3.2ClH.Si.Zr/c2*1-2-4-10-20(9-3-1)17-21-18-23-13-8-16-26(27(23)19-21)25-15-7-12-22-11-5-6-14-24(22)25;;;;;;/h2*5-8,11-16,18-20H,1-4,9-10,17H2;2*1H3;2*1H;;/q4*-1;;;;. The van der Waals surface area contributed by atoms with Gasteiger partial charge in [-0.05, 0) is 57.3 Å². The van der Waals surface area contributed by atoms with Crippen molar-refractivity contribution in [3.63, 3.8) is 0 Å². The molecular weight excluding hydrogens is 863 g/mol. The third kappa shape index (κ3) is 11.6. The van der Waals surface area contributed by atoms with E-state index in [1.165, 1.54) is 190 Å². The van der Waals surface area contributed by atoms with Gasteiger partial charge in [-0.2, -0.15) is 12.1 Å². The third-order valence-electron chi connectivity index (χ3n) is 12.8. The second-order valence-corrected chi connectivity index (χ2v) is 16.5. The van der Waals surface area contributed by atoms with Crippen molar-refractivity contribution in [2.45, 2.75) is 89.9 Å². The maximum atomic E-state index is 3.06. The van der Waals surface area contributed by atoms with Gasteiger partial charge < -0.3 is 14.9 Å². The van der Waals surface area contributed by atoms with E-state index in [1.807, 2.05) is 0 Å². The van der Waals surface area contributed by atoms with Gasteiger partial charge in [0, 0.05) is 0 Å².